The Morgan fingerprint density at radius 1 is 1.11 bits per heavy atom. The Kier molecular flexibility index (Phi) is 6.85. The number of benzene rings is 2. The molecular weight excluding hydrogens is 375 g/mol. The molecular formula is C18H17FN2O7. The molecule has 0 saturated heterocycles. The van der Waals surface area contributed by atoms with Crippen molar-refractivity contribution in [1.29, 1.82) is 0 Å². The smallest absolute Gasteiger partial charge is 0.345 e. The molecule has 0 heterocycles. The molecule has 0 radical (unpaired) electrons. The number of rotatable bonds is 8. The standard InChI is InChI=1S/C18H17FN2O7/c1-26-15-7-13(14(21(24)25)8-16(15)27-2)18(23)28-10-17(22)20-9-11-3-5-12(19)6-4-11/h3-8H,9-10H2,1-2H3,(H,20,22). The van der Waals surface area contributed by atoms with Gasteiger partial charge < -0.3 is 19.5 Å². The van der Waals surface area contributed by atoms with E-state index in [2.05, 4.69) is 5.32 Å². The fraction of sp³-hybridized carbons (Fsp3) is 0.222. The van der Waals surface area contributed by atoms with E-state index in [1.165, 1.54) is 38.5 Å². The van der Waals surface area contributed by atoms with Gasteiger partial charge in [-0.3, -0.25) is 14.9 Å². The molecule has 0 bridgehead atoms. The monoisotopic (exact) mass is 392 g/mol. The molecule has 0 spiro atoms. The predicted octanol–water partition coefficient (Wildman–Crippen LogP) is 2.22. The van der Waals surface area contributed by atoms with Crippen molar-refractivity contribution in [2.24, 2.45) is 0 Å². The molecule has 2 aromatic rings. The van der Waals surface area contributed by atoms with Crippen LogP contribution in [0.25, 0.3) is 0 Å². The number of nitro groups is 1. The number of hydrogen-bond acceptors (Lipinski definition) is 7. The minimum absolute atomic E-state index is 0.0720. The van der Waals surface area contributed by atoms with E-state index < -0.39 is 34.9 Å². The molecule has 0 aliphatic rings. The number of esters is 1. The summed E-state index contributed by atoms with van der Waals surface area (Å²) in [4.78, 5) is 34.5. The molecule has 9 nitrogen and oxygen atoms in total. The number of nitrogens with zero attached hydrogens (tertiary/aromatic N) is 1. The fourth-order valence-corrected chi connectivity index (χ4v) is 2.25. The SMILES string of the molecule is COc1cc(C(=O)OCC(=O)NCc2ccc(F)cc2)c([N+](=O)[O-])cc1OC. The van der Waals surface area contributed by atoms with E-state index in [0.29, 0.717) is 5.56 Å². The minimum Gasteiger partial charge on any atom is -0.493 e. The van der Waals surface area contributed by atoms with Crippen molar-refractivity contribution < 1.29 is 33.1 Å². The zero-order valence-corrected chi connectivity index (χ0v) is 15.1. The number of amides is 1. The molecule has 148 valence electrons. The van der Waals surface area contributed by atoms with Crippen LogP contribution in [0.4, 0.5) is 10.1 Å². The summed E-state index contributed by atoms with van der Waals surface area (Å²) in [5.74, 6) is -1.92. The largest absolute Gasteiger partial charge is 0.493 e. The number of hydrogen-bond donors (Lipinski definition) is 1. The maximum Gasteiger partial charge on any atom is 0.345 e. The second kappa shape index (κ2) is 9.31. The molecule has 1 amide bonds. The molecule has 0 fully saturated rings. The average Bonchev–Trinajstić information content (AvgIpc) is 2.70. The van der Waals surface area contributed by atoms with Gasteiger partial charge in [0.15, 0.2) is 18.1 Å². The van der Waals surface area contributed by atoms with Crippen molar-refractivity contribution in [3.8, 4) is 11.5 Å². The van der Waals surface area contributed by atoms with Crippen molar-refractivity contribution in [3.63, 3.8) is 0 Å². The van der Waals surface area contributed by atoms with E-state index in [1.54, 1.807) is 0 Å². The number of carbonyl (C=O) groups excluding carboxylic acids is 2. The highest BCUT2D eigenvalue weighted by Crippen LogP contribution is 2.34. The molecule has 0 saturated carbocycles. The van der Waals surface area contributed by atoms with Crippen molar-refractivity contribution in [1.82, 2.24) is 5.32 Å². The van der Waals surface area contributed by atoms with Crippen molar-refractivity contribution in [2.45, 2.75) is 6.54 Å². The number of ether oxygens (including phenoxy) is 3. The molecule has 10 heteroatoms. The second-order valence-corrected chi connectivity index (χ2v) is 5.46. The third-order valence-electron chi connectivity index (χ3n) is 3.66. The maximum absolute atomic E-state index is 12.8. The Morgan fingerprint density at radius 3 is 2.29 bits per heavy atom. The highest BCUT2D eigenvalue weighted by atomic mass is 19.1. The van der Waals surface area contributed by atoms with Crippen molar-refractivity contribution in [2.75, 3.05) is 20.8 Å². The van der Waals surface area contributed by atoms with Gasteiger partial charge in [0.2, 0.25) is 0 Å². The first kappa shape index (κ1) is 20.6. The van der Waals surface area contributed by atoms with Crippen LogP contribution in [0.15, 0.2) is 36.4 Å². The molecule has 2 aromatic carbocycles. The van der Waals surface area contributed by atoms with Crippen LogP contribution in [-0.2, 0) is 16.1 Å². The first-order valence-electron chi connectivity index (χ1n) is 7.94. The zero-order chi connectivity index (χ0) is 20.7. The highest BCUT2D eigenvalue weighted by Gasteiger charge is 2.26. The van der Waals surface area contributed by atoms with Crippen LogP contribution in [0.5, 0.6) is 11.5 Å². The van der Waals surface area contributed by atoms with Crippen LogP contribution < -0.4 is 14.8 Å². The Balaban J connectivity index is 2.02. The summed E-state index contributed by atoms with van der Waals surface area (Å²) in [6, 6.07) is 7.62. The lowest BCUT2D eigenvalue weighted by Gasteiger charge is -2.10. The van der Waals surface area contributed by atoms with Crippen LogP contribution in [0.1, 0.15) is 15.9 Å². The van der Waals surface area contributed by atoms with Crippen molar-refractivity contribution >= 4 is 17.6 Å². The van der Waals surface area contributed by atoms with Gasteiger partial charge in [0.05, 0.1) is 25.2 Å². The van der Waals surface area contributed by atoms with Crippen molar-refractivity contribution in [3.05, 3.63) is 63.5 Å². The van der Waals surface area contributed by atoms with E-state index in [0.717, 1.165) is 12.1 Å². The summed E-state index contributed by atoms with van der Waals surface area (Å²) >= 11 is 0. The second-order valence-electron chi connectivity index (χ2n) is 5.46. The lowest BCUT2D eigenvalue weighted by molar-refractivity contribution is -0.385. The van der Waals surface area contributed by atoms with Gasteiger partial charge >= 0.3 is 5.97 Å². The third-order valence-corrected chi connectivity index (χ3v) is 3.66. The molecule has 28 heavy (non-hydrogen) atoms. The topological polar surface area (TPSA) is 117 Å². The Morgan fingerprint density at radius 2 is 1.71 bits per heavy atom. The average molecular weight is 392 g/mol. The van der Waals surface area contributed by atoms with Crippen LogP contribution in [0.2, 0.25) is 0 Å². The fourth-order valence-electron chi connectivity index (χ4n) is 2.25. The lowest BCUT2D eigenvalue weighted by Crippen LogP contribution is -2.28. The van der Waals surface area contributed by atoms with Gasteiger partial charge in [0.1, 0.15) is 11.4 Å². The van der Waals surface area contributed by atoms with E-state index >= 15 is 0 Å². The Labute approximate surface area is 159 Å². The zero-order valence-electron chi connectivity index (χ0n) is 15.1. The predicted molar refractivity (Wildman–Crippen MR) is 94.7 cm³/mol. The minimum atomic E-state index is -1.07. The summed E-state index contributed by atoms with van der Waals surface area (Å²) in [6.07, 6.45) is 0. The quantitative estimate of drug-likeness (QED) is 0.416. The summed E-state index contributed by atoms with van der Waals surface area (Å²) in [7, 11) is 2.60. The first-order chi connectivity index (χ1) is 13.3. The van der Waals surface area contributed by atoms with Gasteiger partial charge in [-0.15, -0.1) is 0 Å². The molecule has 0 aliphatic carbocycles. The molecule has 2 rings (SSSR count). The van der Waals surface area contributed by atoms with E-state index in [4.69, 9.17) is 14.2 Å². The molecule has 0 unspecified atom stereocenters. The van der Waals surface area contributed by atoms with E-state index in [9.17, 15) is 24.1 Å². The number of halogens is 1. The van der Waals surface area contributed by atoms with Gasteiger partial charge in [0.25, 0.3) is 11.6 Å². The van der Waals surface area contributed by atoms with Gasteiger partial charge in [-0.25, -0.2) is 9.18 Å². The van der Waals surface area contributed by atoms with Gasteiger partial charge in [-0.2, -0.15) is 0 Å². The van der Waals surface area contributed by atoms with Crippen LogP contribution in [-0.4, -0.2) is 37.6 Å². The third kappa shape index (κ3) is 5.16. The molecule has 1 N–H and O–H groups in total. The van der Waals surface area contributed by atoms with Crippen LogP contribution >= 0.6 is 0 Å². The molecule has 0 atom stereocenters. The van der Waals surface area contributed by atoms with Crippen LogP contribution in [0, 0.1) is 15.9 Å². The summed E-state index contributed by atoms with van der Waals surface area (Å²) in [6.45, 7) is -0.543. The normalized spacial score (nSPS) is 10.1. The number of carbonyl (C=O) groups is 2. The highest BCUT2D eigenvalue weighted by molar-refractivity contribution is 5.96. The summed E-state index contributed by atoms with van der Waals surface area (Å²) in [5, 5.41) is 13.7. The molecule has 0 aromatic heterocycles. The van der Waals surface area contributed by atoms with E-state index in [-0.39, 0.29) is 23.6 Å². The Hall–Kier alpha value is -3.69. The van der Waals surface area contributed by atoms with Gasteiger partial charge in [0, 0.05) is 12.6 Å². The first-order valence-corrected chi connectivity index (χ1v) is 7.94. The molecule has 0 aliphatic heterocycles. The number of methoxy groups -OCH3 is 2. The van der Waals surface area contributed by atoms with Crippen LogP contribution in [0.3, 0.4) is 0 Å². The van der Waals surface area contributed by atoms with Gasteiger partial charge in [-0.1, -0.05) is 12.1 Å². The number of nitrogens with one attached hydrogen (secondary N) is 1. The van der Waals surface area contributed by atoms with E-state index in [1.807, 2.05) is 0 Å². The maximum atomic E-state index is 12.8. The number of nitro benzene ring substituents is 1. The summed E-state index contributed by atoms with van der Waals surface area (Å²) in [5.41, 5.74) is -0.278. The Bertz CT molecular complexity index is 884. The van der Waals surface area contributed by atoms with Gasteiger partial charge in [-0.05, 0) is 17.7 Å². The summed E-state index contributed by atoms with van der Waals surface area (Å²) < 4.78 is 27.7. The lowest BCUT2D eigenvalue weighted by atomic mass is 10.1.